The molecule has 3 N–H and O–H groups in total. The molecule has 1 aliphatic carbocycles. The molecule has 5 nitrogen and oxygen atoms in total. The van der Waals surface area contributed by atoms with Crippen molar-refractivity contribution in [2.24, 2.45) is 0 Å². The number of hydrogen-bond donors (Lipinski definition) is 2. The van der Waals surface area contributed by atoms with Gasteiger partial charge in [0.25, 0.3) is 0 Å². The van der Waals surface area contributed by atoms with Crippen molar-refractivity contribution in [3.63, 3.8) is 0 Å². The molecule has 0 spiro atoms. The molecule has 0 saturated carbocycles. The zero-order chi connectivity index (χ0) is 16.1. The van der Waals surface area contributed by atoms with Crippen molar-refractivity contribution in [3.05, 3.63) is 47.8 Å². The van der Waals surface area contributed by atoms with E-state index in [2.05, 4.69) is 27.3 Å². The van der Waals surface area contributed by atoms with Gasteiger partial charge >= 0.3 is 0 Å². The van der Waals surface area contributed by atoms with Gasteiger partial charge in [0.1, 0.15) is 5.82 Å². The monoisotopic (exact) mass is 315 g/mol. The highest BCUT2D eigenvalue weighted by molar-refractivity contribution is 6.07. The molecular formula is C19H17N5. The van der Waals surface area contributed by atoms with Crippen molar-refractivity contribution < 1.29 is 0 Å². The number of nitrogen functional groups attached to an aromatic ring is 1. The number of H-pyrrole nitrogens is 1. The highest BCUT2D eigenvalue weighted by Gasteiger charge is 2.21. The van der Waals surface area contributed by atoms with Gasteiger partial charge in [0.15, 0.2) is 0 Å². The van der Waals surface area contributed by atoms with Gasteiger partial charge in [-0.15, -0.1) is 0 Å². The number of aryl methyl sites for hydroxylation is 1. The molecule has 0 bridgehead atoms. The number of nitrogens with two attached hydrogens (primary N) is 1. The molecule has 5 heteroatoms. The minimum Gasteiger partial charge on any atom is -0.384 e. The summed E-state index contributed by atoms with van der Waals surface area (Å²) in [6.45, 7) is 0. The van der Waals surface area contributed by atoms with Crippen LogP contribution in [0.3, 0.4) is 0 Å². The zero-order valence-electron chi connectivity index (χ0n) is 13.2. The first-order valence-corrected chi connectivity index (χ1v) is 8.31. The number of benzene rings is 1. The molecule has 0 aliphatic heterocycles. The number of fused-ring (bicyclic) bond motifs is 5. The first-order valence-electron chi connectivity index (χ1n) is 8.31. The SMILES string of the molecule is Nc1ccc(-c2nc3ccc4[nH]ncc4c3c3c2CCCC3)cn1. The van der Waals surface area contributed by atoms with E-state index in [-0.39, 0.29) is 0 Å². The number of rotatable bonds is 1. The van der Waals surface area contributed by atoms with Gasteiger partial charge in [0, 0.05) is 22.5 Å². The Morgan fingerprint density at radius 1 is 0.958 bits per heavy atom. The lowest BCUT2D eigenvalue weighted by atomic mass is 9.86. The molecule has 118 valence electrons. The maximum Gasteiger partial charge on any atom is 0.123 e. The molecule has 0 fully saturated rings. The molecule has 0 radical (unpaired) electrons. The summed E-state index contributed by atoms with van der Waals surface area (Å²) in [5, 5.41) is 9.70. The molecule has 0 unspecified atom stereocenters. The van der Waals surface area contributed by atoms with Gasteiger partial charge in [-0.2, -0.15) is 5.10 Å². The van der Waals surface area contributed by atoms with Crippen LogP contribution in [-0.2, 0) is 12.8 Å². The first kappa shape index (κ1) is 13.5. The van der Waals surface area contributed by atoms with Crippen LogP contribution in [0.4, 0.5) is 5.82 Å². The van der Waals surface area contributed by atoms with Crippen molar-refractivity contribution in [2.45, 2.75) is 25.7 Å². The first-order chi connectivity index (χ1) is 11.8. The number of hydrogen-bond acceptors (Lipinski definition) is 4. The van der Waals surface area contributed by atoms with Crippen molar-refractivity contribution in [2.75, 3.05) is 5.73 Å². The van der Waals surface area contributed by atoms with Crippen LogP contribution in [-0.4, -0.2) is 20.2 Å². The van der Waals surface area contributed by atoms with Crippen molar-refractivity contribution in [1.82, 2.24) is 20.2 Å². The van der Waals surface area contributed by atoms with E-state index in [9.17, 15) is 0 Å². The lowest BCUT2D eigenvalue weighted by Gasteiger charge is -2.21. The summed E-state index contributed by atoms with van der Waals surface area (Å²) in [5.74, 6) is 0.536. The van der Waals surface area contributed by atoms with E-state index in [1.54, 1.807) is 0 Å². The molecule has 24 heavy (non-hydrogen) atoms. The molecule has 1 aliphatic rings. The van der Waals surface area contributed by atoms with Crippen molar-refractivity contribution in [1.29, 1.82) is 0 Å². The van der Waals surface area contributed by atoms with E-state index in [1.807, 2.05) is 24.5 Å². The minimum absolute atomic E-state index is 0.536. The third-order valence-corrected chi connectivity index (χ3v) is 4.95. The van der Waals surface area contributed by atoms with Gasteiger partial charge < -0.3 is 5.73 Å². The van der Waals surface area contributed by atoms with Gasteiger partial charge in [-0.25, -0.2) is 9.97 Å². The summed E-state index contributed by atoms with van der Waals surface area (Å²) in [6.07, 6.45) is 8.32. The summed E-state index contributed by atoms with van der Waals surface area (Å²) in [7, 11) is 0. The van der Waals surface area contributed by atoms with E-state index in [0.717, 1.165) is 35.1 Å². The number of pyridine rings is 2. The Morgan fingerprint density at radius 2 is 1.83 bits per heavy atom. The maximum atomic E-state index is 5.74. The number of aromatic amines is 1. The van der Waals surface area contributed by atoms with Gasteiger partial charge in [-0.3, -0.25) is 5.10 Å². The minimum atomic E-state index is 0.536. The number of nitrogens with one attached hydrogen (secondary N) is 1. The third-order valence-electron chi connectivity index (χ3n) is 4.95. The Morgan fingerprint density at radius 3 is 2.67 bits per heavy atom. The summed E-state index contributed by atoms with van der Waals surface area (Å²) in [4.78, 5) is 9.24. The molecule has 3 aromatic heterocycles. The molecule has 1 aromatic carbocycles. The van der Waals surface area contributed by atoms with Crippen LogP contribution < -0.4 is 5.73 Å². The second-order valence-electron chi connectivity index (χ2n) is 6.39. The largest absolute Gasteiger partial charge is 0.384 e. The van der Waals surface area contributed by atoms with E-state index in [1.165, 1.54) is 34.7 Å². The third kappa shape index (κ3) is 1.91. The molecule has 0 amide bonds. The Kier molecular flexibility index (Phi) is 2.82. The second kappa shape index (κ2) is 5.03. The highest BCUT2D eigenvalue weighted by Crippen LogP contribution is 2.37. The smallest absolute Gasteiger partial charge is 0.123 e. The van der Waals surface area contributed by atoms with Crippen molar-refractivity contribution >= 4 is 27.6 Å². The molecule has 4 aromatic rings. The topological polar surface area (TPSA) is 80.5 Å². The van der Waals surface area contributed by atoms with Crippen LogP contribution in [0.2, 0.25) is 0 Å². The van der Waals surface area contributed by atoms with Crippen LogP contribution in [0.5, 0.6) is 0 Å². The van der Waals surface area contributed by atoms with Gasteiger partial charge in [-0.1, -0.05) is 0 Å². The molecule has 5 rings (SSSR count). The Labute approximate surface area is 138 Å². The molecule has 3 heterocycles. The summed E-state index contributed by atoms with van der Waals surface area (Å²) in [6, 6.07) is 7.99. The summed E-state index contributed by atoms with van der Waals surface area (Å²) < 4.78 is 0. The van der Waals surface area contributed by atoms with E-state index in [0.29, 0.717) is 5.82 Å². The van der Waals surface area contributed by atoms with Crippen LogP contribution in [0.1, 0.15) is 24.0 Å². The fraction of sp³-hybridized carbons (Fsp3) is 0.211. The van der Waals surface area contributed by atoms with Crippen LogP contribution in [0, 0.1) is 0 Å². The molecule has 0 saturated heterocycles. The Hall–Kier alpha value is -2.95. The fourth-order valence-corrected chi connectivity index (χ4v) is 3.83. The van der Waals surface area contributed by atoms with E-state index < -0.39 is 0 Å². The predicted molar refractivity (Wildman–Crippen MR) is 95.7 cm³/mol. The van der Waals surface area contributed by atoms with Gasteiger partial charge in [0.2, 0.25) is 0 Å². The normalized spacial score (nSPS) is 14.2. The average molecular weight is 315 g/mol. The van der Waals surface area contributed by atoms with Crippen LogP contribution >= 0.6 is 0 Å². The van der Waals surface area contributed by atoms with Gasteiger partial charge in [0.05, 0.1) is 22.9 Å². The zero-order valence-corrected chi connectivity index (χ0v) is 13.2. The lowest BCUT2D eigenvalue weighted by Crippen LogP contribution is -2.08. The average Bonchev–Trinajstić information content (AvgIpc) is 3.10. The summed E-state index contributed by atoms with van der Waals surface area (Å²) in [5.41, 5.74) is 12.7. The standard InChI is InChI=1S/C19H17N5/c20-17-8-5-11(9-21-17)19-13-4-2-1-3-12(13)18-14-10-22-24-15(14)6-7-16(18)23-19/h5-10H,1-4H2,(H2,20,21)(H,22,24). The molecule has 0 atom stereocenters. The highest BCUT2D eigenvalue weighted by atomic mass is 15.1. The molecular weight excluding hydrogens is 298 g/mol. The van der Waals surface area contributed by atoms with Crippen molar-refractivity contribution in [3.8, 4) is 11.3 Å². The second-order valence-corrected chi connectivity index (χ2v) is 6.39. The predicted octanol–water partition coefficient (Wildman–Crippen LogP) is 3.63. The van der Waals surface area contributed by atoms with E-state index in [4.69, 9.17) is 10.7 Å². The number of aromatic nitrogens is 4. The van der Waals surface area contributed by atoms with E-state index >= 15 is 0 Å². The van der Waals surface area contributed by atoms with Gasteiger partial charge in [-0.05, 0) is 61.1 Å². The summed E-state index contributed by atoms with van der Waals surface area (Å²) >= 11 is 0. The Bertz CT molecular complexity index is 1060. The quantitative estimate of drug-likeness (QED) is 0.562. The maximum absolute atomic E-state index is 5.74. The number of nitrogens with zero attached hydrogens (tertiary/aromatic N) is 3. The van der Waals surface area contributed by atoms with Crippen LogP contribution in [0.15, 0.2) is 36.7 Å². The number of anilines is 1. The van der Waals surface area contributed by atoms with Crippen LogP contribution in [0.25, 0.3) is 33.1 Å². The Balaban J connectivity index is 1.88. The lowest BCUT2D eigenvalue weighted by molar-refractivity contribution is 0.689. The fourth-order valence-electron chi connectivity index (χ4n) is 3.83.